The lowest BCUT2D eigenvalue weighted by atomic mass is 10.1. The molecule has 0 spiro atoms. The Morgan fingerprint density at radius 2 is 1.91 bits per heavy atom. The zero-order valence-electron chi connectivity index (χ0n) is 8.17. The van der Waals surface area contributed by atoms with Crippen LogP contribution in [0.2, 0.25) is 0 Å². The number of hydrogen-bond donors (Lipinski definition) is 0. The maximum atomic E-state index is 2.52. The monoisotopic (exact) mass is 156 g/mol. The molecule has 0 amide bonds. The second kappa shape index (κ2) is 3.55. The summed E-state index contributed by atoms with van der Waals surface area (Å²) in [6.07, 6.45) is 0. The summed E-state index contributed by atoms with van der Waals surface area (Å²) in [4.78, 5) is 4.92. The Labute approximate surface area is 70.2 Å². The van der Waals surface area contributed by atoms with E-state index in [1.165, 1.54) is 13.1 Å². The van der Waals surface area contributed by atoms with Crippen LogP contribution in [0.4, 0.5) is 0 Å². The van der Waals surface area contributed by atoms with Crippen LogP contribution in [0.3, 0.4) is 0 Å². The zero-order valence-corrected chi connectivity index (χ0v) is 8.17. The number of rotatable bonds is 1. The van der Waals surface area contributed by atoms with Gasteiger partial charge in [0, 0.05) is 19.1 Å². The highest BCUT2D eigenvalue weighted by Gasteiger charge is 2.21. The summed E-state index contributed by atoms with van der Waals surface area (Å²) in [5.74, 6) is 0.830. The van der Waals surface area contributed by atoms with Crippen molar-refractivity contribution >= 4 is 0 Å². The third-order valence-corrected chi connectivity index (χ3v) is 2.32. The van der Waals surface area contributed by atoms with Crippen LogP contribution in [0, 0.1) is 5.92 Å². The molecule has 0 aliphatic carbocycles. The Hall–Kier alpha value is -0.0800. The lowest BCUT2D eigenvalue weighted by Crippen LogP contribution is -2.49. The molecular formula is C9H20N2. The maximum absolute atomic E-state index is 2.52. The summed E-state index contributed by atoms with van der Waals surface area (Å²) in [7, 11) is 2.20. The molecule has 0 aromatic heterocycles. The third-order valence-electron chi connectivity index (χ3n) is 2.32. The predicted molar refractivity (Wildman–Crippen MR) is 48.5 cm³/mol. The van der Waals surface area contributed by atoms with Crippen LogP contribution in [-0.4, -0.2) is 42.6 Å². The van der Waals surface area contributed by atoms with Gasteiger partial charge in [0.15, 0.2) is 0 Å². The minimum atomic E-state index is 0.695. The van der Waals surface area contributed by atoms with Crippen molar-refractivity contribution in [2.24, 2.45) is 5.92 Å². The van der Waals surface area contributed by atoms with Crippen molar-refractivity contribution in [3.63, 3.8) is 0 Å². The zero-order chi connectivity index (χ0) is 8.43. The fourth-order valence-electron chi connectivity index (χ4n) is 1.79. The third kappa shape index (κ3) is 2.46. The van der Waals surface area contributed by atoms with E-state index in [9.17, 15) is 0 Å². The van der Waals surface area contributed by atoms with E-state index < -0.39 is 0 Å². The highest BCUT2D eigenvalue weighted by molar-refractivity contribution is 4.73. The molecule has 1 aliphatic heterocycles. The first-order chi connectivity index (χ1) is 5.09. The summed E-state index contributed by atoms with van der Waals surface area (Å²) >= 11 is 0. The smallest absolute Gasteiger partial charge is 0.0506 e. The SMILES string of the molecule is CC1CN(C)CN(C(C)C)C1. The van der Waals surface area contributed by atoms with Gasteiger partial charge in [-0.05, 0) is 26.8 Å². The van der Waals surface area contributed by atoms with E-state index in [-0.39, 0.29) is 0 Å². The average molecular weight is 156 g/mol. The van der Waals surface area contributed by atoms with Gasteiger partial charge in [-0.2, -0.15) is 0 Å². The van der Waals surface area contributed by atoms with Gasteiger partial charge in [0.1, 0.15) is 0 Å². The molecule has 0 aromatic rings. The Kier molecular flexibility index (Phi) is 2.90. The van der Waals surface area contributed by atoms with Crippen LogP contribution in [0.1, 0.15) is 20.8 Å². The molecule has 2 nitrogen and oxygen atoms in total. The van der Waals surface area contributed by atoms with Crippen LogP contribution in [0.15, 0.2) is 0 Å². The van der Waals surface area contributed by atoms with Crippen LogP contribution in [0.5, 0.6) is 0 Å². The number of nitrogens with zero attached hydrogens (tertiary/aromatic N) is 2. The topological polar surface area (TPSA) is 6.48 Å². The van der Waals surface area contributed by atoms with Crippen molar-refractivity contribution in [2.45, 2.75) is 26.8 Å². The molecule has 1 aliphatic rings. The molecule has 0 radical (unpaired) electrons. The van der Waals surface area contributed by atoms with Crippen molar-refractivity contribution in [1.29, 1.82) is 0 Å². The van der Waals surface area contributed by atoms with Crippen molar-refractivity contribution in [3.05, 3.63) is 0 Å². The molecule has 0 aromatic carbocycles. The molecular weight excluding hydrogens is 136 g/mol. The van der Waals surface area contributed by atoms with Gasteiger partial charge < -0.3 is 0 Å². The van der Waals surface area contributed by atoms with E-state index in [1.807, 2.05) is 0 Å². The van der Waals surface area contributed by atoms with Gasteiger partial charge >= 0.3 is 0 Å². The first kappa shape index (κ1) is 9.01. The van der Waals surface area contributed by atoms with Gasteiger partial charge in [-0.3, -0.25) is 9.80 Å². The van der Waals surface area contributed by atoms with Gasteiger partial charge in [-0.1, -0.05) is 6.92 Å². The van der Waals surface area contributed by atoms with Crippen molar-refractivity contribution in [1.82, 2.24) is 9.80 Å². The molecule has 66 valence electrons. The van der Waals surface area contributed by atoms with E-state index in [0.717, 1.165) is 12.6 Å². The maximum Gasteiger partial charge on any atom is 0.0506 e. The average Bonchev–Trinajstić information content (AvgIpc) is 1.85. The van der Waals surface area contributed by atoms with Crippen LogP contribution >= 0.6 is 0 Å². The molecule has 1 heterocycles. The molecule has 1 rings (SSSR count). The van der Waals surface area contributed by atoms with E-state index in [1.54, 1.807) is 0 Å². The normalized spacial score (nSPS) is 29.7. The van der Waals surface area contributed by atoms with Gasteiger partial charge in [-0.25, -0.2) is 0 Å². The second-order valence-electron chi connectivity index (χ2n) is 4.15. The Bertz CT molecular complexity index is 113. The Morgan fingerprint density at radius 3 is 2.36 bits per heavy atom. The summed E-state index contributed by atoms with van der Waals surface area (Å²) in [6, 6.07) is 0.695. The molecule has 11 heavy (non-hydrogen) atoms. The Morgan fingerprint density at radius 1 is 1.27 bits per heavy atom. The van der Waals surface area contributed by atoms with Gasteiger partial charge in [-0.15, -0.1) is 0 Å². The van der Waals surface area contributed by atoms with Crippen LogP contribution in [-0.2, 0) is 0 Å². The molecule has 1 fully saturated rings. The molecule has 2 heteroatoms. The first-order valence-electron chi connectivity index (χ1n) is 4.52. The highest BCUT2D eigenvalue weighted by Crippen LogP contribution is 2.12. The van der Waals surface area contributed by atoms with Gasteiger partial charge in [0.05, 0.1) is 6.67 Å². The molecule has 0 saturated carbocycles. The van der Waals surface area contributed by atoms with Crippen molar-refractivity contribution in [2.75, 3.05) is 26.8 Å². The van der Waals surface area contributed by atoms with Crippen molar-refractivity contribution in [3.8, 4) is 0 Å². The molecule has 1 unspecified atom stereocenters. The lowest BCUT2D eigenvalue weighted by molar-refractivity contribution is 0.0500. The lowest BCUT2D eigenvalue weighted by Gasteiger charge is -2.39. The quantitative estimate of drug-likeness (QED) is 0.563. The first-order valence-corrected chi connectivity index (χ1v) is 4.52. The largest absolute Gasteiger partial charge is 0.293 e. The van der Waals surface area contributed by atoms with Crippen LogP contribution in [0.25, 0.3) is 0 Å². The fraction of sp³-hybridized carbons (Fsp3) is 1.00. The second-order valence-corrected chi connectivity index (χ2v) is 4.15. The van der Waals surface area contributed by atoms with Gasteiger partial charge in [0.2, 0.25) is 0 Å². The minimum Gasteiger partial charge on any atom is -0.293 e. The van der Waals surface area contributed by atoms with E-state index >= 15 is 0 Å². The van der Waals surface area contributed by atoms with E-state index in [2.05, 4.69) is 37.6 Å². The van der Waals surface area contributed by atoms with Crippen molar-refractivity contribution < 1.29 is 0 Å². The summed E-state index contributed by atoms with van der Waals surface area (Å²) < 4.78 is 0. The summed E-state index contributed by atoms with van der Waals surface area (Å²) in [5, 5.41) is 0. The molecule has 0 bridgehead atoms. The minimum absolute atomic E-state index is 0.695. The predicted octanol–water partition coefficient (Wildman–Crippen LogP) is 1.24. The standard InChI is InChI=1S/C9H20N2/c1-8(2)11-6-9(3)5-10(4)7-11/h8-9H,5-7H2,1-4H3. The molecule has 1 atom stereocenters. The van der Waals surface area contributed by atoms with E-state index in [4.69, 9.17) is 0 Å². The molecule has 0 N–H and O–H groups in total. The highest BCUT2D eigenvalue weighted by atomic mass is 15.3. The summed E-state index contributed by atoms with van der Waals surface area (Å²) in [6.45, 7) is 10.5. The van der Waals surface area contributed by atoms with Crippen LogP contribution < -0.4 is 0 Å². The number of hydrogen-bond acceptors (Lipinski definition) is 2. The fourth-order valence-corrected chi connectivity index (χ4v) is 1.79. The molecule has 1 saturated heterocycles. The van der Waals surface area contributed by atoms with E-state index in [0.29, 0.717) is 6.04 Å². The van der Waals surface area contributed by atoms with Gasteiger partial charge in [0.25, 0.3) is 0 Å². The summed E-state index contributed by atoms with van der Waals surface area (Å²) in [5.41, 5.74) is 0. The Balaban J connectivity index is 2.43.